The Kier molecular flexibility index (Phi) is 2.40. The quantitative estimate of drug-likeness (QED) is 0.721. The van der Waals surface area contributed by atoms with Gasteiger partial charge in [-0.2, -0.15) is 15.8 Å². The van der Waals surface area contributed by atoms with Crippen molar-refractivity contribution in [3.8, 4) is 18.2 Å². The van der Waals surface area contributed by atoms with Crippen LogP contribution in [0.15, 0.2) is 0 Å². The van der Waals surface area contributed by atoms with Crippen LogP contribution in [-0.2, 0) is 9.47 Å². The summed E-state index contributed by atoms with van der Waals surface area (Å²) >= 11 is 0. The van der Waals surface area contributed by atoms with Crippen molar-refractivity contribution in [2.24, 2.45) is 16.7 Å². The molecule has 6 heteroatoms. The molecular weight excluding hydrogens is 256 g/mol. The molecule has 4 rings (SSSR count). The summed E-state index contributed by atoms with van der Waals surface area (Å²) in [6.45, 7) is 1.65. The number of nitrogens with zero attached hydrogens (tertiary/aromatic N) is 3. The van der Waals surface area contributed by atoms with Crippen molar-refractivity contribution in [2.75, 3.05) is 0 Å². The second-order valence-electron chi connectivity index (χ2n) is 5.75. The van der Waals surface area contributed by atoms with Gasteiger partial charge in [-0.1, -0.05) is 6.42 Å². The Morgan fingerprint density at radius 1 is 1.20 bits per heavy atom. The molecule has 4 fully saturated rings. The molecule has 6 nitrogen and oxygen atoms in total. The van der Waals surface area contributed by atoms with Crippen molar-refractivity contribution in [2.45, 2.75) is 44.5 Å². The minimum atomic E-state index is -1.64. The van der Waals surface area contributed by atoms with E-state index in [1.165, 1.54) is 0 Å². The highest BCUT2D eigenvalue weighted by Crippen LogP contribution is 2.65. The number of hydrogen-bond acceptors (Lipinski definition) is 6. The summed E-state index contributed by atoms with van der Waals surface area (Å²) in [6, 6.07) is 6.13. The molecule has 0 unspecified atom stereocenters. The van der Waals surface area contributed by atoms with Crippen molar-refractivity contribution in [1.29, 1.82) is 21.2 Å². The fraction of sp³-hybridized carbons (Fsp3) is 0.714. The zero-order valence-electron chi connectivity index (χ0n) is 11.1. The van der Waals surface area contributed by atoms with Gasteiger partial charge in [-0.05, 0) is 19.8 Å². The molecule has 0 radical (unpaired) electrons. The second-order valence-corrected chi connectivity index (χ2v) is 5.75. The van der Waals surface area contributed by atoms with Crippen molar-refractivity contribution < 1.29 is 9.47 Å². The molecule has 3 heterocycles. The molecule has 4 atom stereocenters. The van der Waals surface area contributed by atoms with Gasteiger partial charge in [0.1, 0.15) is 0 Å². The third kappa shape index (κ3) is 1.05. The van der Waals surface area contributed by atoms with Crippen LogP contribution in [0.1, 0.15) is 32.6 Å². The normalized spacial score (nSPS) is 44.4. The Morgan fingerprint density at radius 2 is 1.90 bits per heavy atom. The van der Waals surface area contributed by atoms with Gasteiger partial charge in [-0.25, -0.2) is 0 Å². The van der Waals surface area contributed by atoms with Gasteiger partial charge in [-0.3, -0.25) is 5.41 Å². The summed E-state index contributed by atoms with van der Waals surface area (Å²) < 4.78 is 11.5. The predicted molar refractivity (Wildman–Crippen MR) is 65.8 cm³/mol. The number of fused-ring (bicyclic) bond motifs is 2. The van der Waals surface area contributed by atoms with Gasteiger partial charge in [-0.15, -0.1) is 0 Å². The highest BCUT2D eigenvalue weighted by Gasteiger charge is 2.79. The third-order valence-electron chi connectivity index (χ3n) is 5.09. The first kappa shape index (κ1) is 12.9. The minimum absolute atomic E-state index is 0.292. The molecule has 0 amide bonds. The van der Waals surface area contributed by atoms with E-state index in [2.05, 4.69) is 12.1 Å². The zero-order valence-corrected chi connectivity index (χ0v) is 11.1. The highest BCUT2D eigenvalue weighted by atomic mass is 16.7. The van der Waals surface area contributed by atoms with Crippen molar-refractivity contribution >= 4 is 5.90 Å². The lowest BCUT2D eigenvalue weighted by molar-refractivity contribution is -0.353. The van der Waals surface area contributed by atoms with Gasteiger partial charge in [0.2, 0.25) is 11.7 Å². The maximum absolute atomic E-state index is 9.70. The number of nitrogens with one attached hydrogen (secondary N) is 1. The molecule has 3 saturated heterocycles. The monoisotopic (exact) mass is 270 g/mol. The van der Waals surface area contributed by atoms with Gasteiger partial charge in [0.05, 0.1) is 30.2 Å². The Labute approximate surface area is 117 Å². The van der Waals surface area contributed by atoms with E-state index in [0.717, 1.165) is 12.8 Å². The minimum Gasteiger partial charge on any atom is -0.447 e. The van der Waals surface area contributed by atoms with Crippen LogP contribution in [0, 0.1) is 56.2 Å². The van der Waals surface area contributed by atoms with E-state index >= 15 is 0 Å². The van der Waals surface area contributed by atoms with Crippen LogP contribution in [-0.4, -0.2) is 17.8 Å². The van der Waals surface area contributed by atoms with E-state index < -0.39 is 28.6 Å². The van der Waals surface area contributed by atoms with E-state index in [1.54, 1.807) is 6.92 Å². The van der Waals surface area contributed by atoms with Crippen LogP contribution in [0.5, 0.6) is 0 Å². The summed E-state index contributed by atoms with van der Waals surface area (Å²) in [6.07, 6.45) is 2.18. The van der Waals surface area contributed by atoms with Crippen molar-refractivity contribution in [1.82, 2.24) is 0 Å². The lowest BCUT2D eigenvalue weighted by atomic mass is 9.49. The van der Waals surface area contributed by atoms with E-state index in [9.17, 15) is 15.8 Å². The Bertz CT molecular complexity index is 596. The average Bonchev–Trinajstić information content (AvgIpc) is 2.45. The van der Waals surface area contributed by atoms with Gasteiger partial charge in [0, 0.05) is 6.42 Å². The first-order valence-electron chi connectivity index (χ1n) is 6.72. The second kappa shape index (κ2) is 3.72. The summed E-state index contributed by atoms with van der Waals surface area (Å²) in [5.41, 5.74) is -3.21. The largest absolute Gasteiger partial charge is 0.447 e. The molecule has 0 aromatic carbocycles. The first-order chi connectivity index (χ1) is 9.53. The highest BCUT2D eigenvalue weighted by molar-refractivity contribution is 5.88. The zero-order chi connectivity index (χ0) is 14.6. The summed E-state index contributed by atoms with van der Waals surface area (Å²) in [5, 5.41) is 37.1. The molecule has 2 bridgehead atoms. The van der Waals surface area contributed by atoms with E-state index in [4.69, 9.17) is 14.9 Å². The molecule has 1 aliphatic carbocycles. The molecule has 4 aliphatic rings. The van der Waals surface area contributed by atoms with E-state index in [-0.39, 0.29) is 5.90 Å². The summed E-state index contributed by atoms with van der Waals surface area (Å²) in [7, 11) is 0. The Morgan fingerprint density at radius 3 is 2.45 bits per heavy atom. The molecule has 3 aliphatic heterocycles. The smallest absolute Gasteiger partial charge is 0.217 e. The standard InChI is InChI=1S/C14H14N4O2/c1-9-13(8-17)11(18)20-14(19-9)5-3-2-4-10(14)12(13,6-15)7-16/h9-10,18H,2-5H2,1H3/t9-,10-,13-,14-/m1/s1. The molecule has 1 N–H and O–H groups in total. The Hall–Kier alpha value is -2.10. The van der Waals surface area contributed by atoms with E-state index in [0.29, 0.717) is 12.8 Å². The molecule has 1 spiro atoms. The maximum atomic E-state index is 9.70. The van der Waals surface area contributed by atoms with Gasteiger partial charge < -0.3 is 9.47 Å². The fourth-order valence-corrected chi connectivity index (χ4v) is 4.13. The predicted octanol–water partition coefficient (Wildman–Crippen LogP) is 1.84. The van der Waals surface area contributed by atoms with Gasteiger partial charge in [0.15, 0.2) is 10.8 Å². The van der Waals surface area contributed by atoms with Crippen molar-refractivity contribution in [3.63, 3.8) is 0 Å². The molecular formula is C14H14N4O2. The average molecular weight is 270 g/mol. The SMILES string of the molecule is C[C@H]1O[C@@]23CCCC[C@@H]2C(C#N)(C#N)[C@@]1(C#N)C(=N)O3. The van der Waals surface area contributed by atoms with Crippen LogP contribution in [0.4, 0.5) is 0 Å². The Balaban J connectivity index is 2.31. The van der Waals surface area contributed by atoms with E-state index in [1.807, 2.05) is 6.07 Å². The number of rotatable bonds is 0. The van der Waals surface area contributed by atoms with Crippen LogP contribution in [0.3, 0.4) is 0 Å². The van der Waals surface area contributed by atoms with Crippen LogP contribution >= 0.6 is 0 Å². The lowest BCUT2D eigenvalue weighted by Crippen LogP contribution is -2.75. The van der Waals surface area contributed by atoms with Crippen LogP contribution in [0.25, 0.3) is 0 Å². The van der Waals surface area contributed by atoms with Crippen LogP contribution < -0.4 is 0 Å². The topological polar surface area (TPSA) is 114 Å². The number of hydrogen-bond donors (Lipinski definition) is 1. The molecule has 102 valence electrons. The fourth-order valence-electron chi connectivity index (χ4n) is 4.13. The molecule has 0 aromatic rings. The third-order valence-corrected chi connectivity index (χ3v) is 5.09. The first-order valence-corrected chi connectivity index (χ1v) is 6.72. The molecule has 1 saturated carbocycles. The van der Waals surface area contributed by atoms with Gasteiger partial charge in [0.25, 0.3) is 0 Å². The van der Waals surface area contributed by atoms with Crippen LogP contribution in [0.2, 0.25) is 0 Å². The number of ether oxygens (including phenoxy) is 2. The lowest BCUT2D eigenvalue weighted by Gasteiger charge is -2.63. The summed E-state index contributed by atoms with van der Waals surface area (Å²) in [4.78, 5) is 0. The summed E-state index contributed by atoms with van der Waals surface area (Å²) in [5.74, 6) is -1.86. The molecule has 20 heavy (non-hydrogen) atoms. The van der Waals surface area contributed by atoms with Crippen molar-refractivity contribution in [3.05, 3.63) is 0 Å². The molecule has 0 aromatic heterocycles. The number of nitriles is 3. The maximum Gasteiger partial charge on any atom is 0.217 e. The van der Waals surface area contributed by atoms with Gasteiger partial charge >= 0.3 is 0 Å².